The molecule has 1 fully saturated rings. The molecule has 1 heterocycles. The van der Waals surface area contributed by atoms with Crippen molar-refractivity contribution in [1.82, 2.24) is 10.2 Å². The lowest BCUT2D eigenvalue weighted by atomic mass is 9.98. The van der Waals surface area contributed by atoms with Crippen molar-refractivity contribution in [3.05, 3.63) is 29.8 Å². The summed E-state index contributed by atoms with van der Waals surface area (Å²) in [7, 11) is 1.71. The summed E-state index contributed by atoms with van der Waals surface area (Å²) in [6.45, 7) is 9.05. The van der Waals surface area contributed by atoms with E-state index >= 15 is 0 Å². The molecule has 2 rings (SSSR count). The van der Waals surface area contributed by atoms with Crippen LogP contribution < -0.4 is 10.1 Å². The van der Waals surface area contributed by atoms with Gasteiger partial charge in [-0.2, -0.15) is 0 Å². The summed E-state index contributed by atoms with van der Waals surface area (Å²) in [6.07, 6.45) is 2.40. The Hall–Kier alpha value is -1.06. The van der Waals surface area contributed by atoms with Crippen molar-refractivity contribution in [3.63, 3.8) is 0 Å². The number of rotatable bonds is 4. The van der Waals surface area contributed by atoms with Crippen LogP contribution in [0.4, 0.5) is 0 Å². The molecule has 1 unspecified atom stereocenters. The van der Waals surface area contributed by atoms with E-state index in [1.807, 2.05) is 12.1 Å². The third kappa shape index (κ3) is 3.95. The average Bonchev–Trinajstić information content (AvgIpc) is 2.62. The molecule has 1 atom stereocenters. The highest BCUT2D eigenvalue weighted by atomic mass is 16.5. The first-order chi connectivity index (χ1) is 9.15. The Bertz CT molecular complexity index is 390. The molecule has 1 N–H and O–H groups in total. The summed E-state index contributed by atoms with van der Waals surface area (Å²) in [6, 6.07) is 8.43. The Morgan fingerprint density at radius 3 is 2.68 bits per heavy atom. The molecule has 0 radical (unpaired) electrons. The van der Waals surface area contributed by atoms with Gasteiger partial charge in [-0.05, 0) is 50.6 Å². The Morgan fingerprint density at radius 2 is 2.05 bits per heavy atom. The molecular weight excluding hydrogens is 236 g/mol. The minimum absolute atomic E-state index is 0.253. The first kappa shape index (κ1) is 14.4. The largest absolute Gasteiger partial charge is 0.497 e. The number of hydrogen-bond acceptors (Lipinski definition) is 3. The number of hydrogen-bond donors (Lipinski definition) is 1. The molecule has 0 aliphatic carbocycles. The van der Waals surface area contributed by atoms with E-state index in [9.17, 15) is 0 Å². The molecule has 1 aliphatic heterocycles. The summed E-state index contributed by atoms with van der Waals surface area (Å²) >= 11 is 0. The molecule has 1 saturated heterocycles. The van der Waals surface area contributed by atoms with Gasteiger partial charge in [-0.15, -0.1) is 0 Å². The van der Waals surface area contributed by atoms with Crippen LogP contribution in [0, 0.1) is 0 Å². The maximum absolute atomic E-state index is 5.21. The highest BCUT2D eigenvalue weighted by Crippen LogP contribution is 2.18. The fraction of sp³-hybridized carbons (Fsp3) is 0.625. The number of methoxy groups -OCH3 is 1. The third-order valence-corrected chi connectivity index (χ3v) is 4.12. The highest BCUT2D eigenvalue weighted by molar-refractivity contribution is 5.27. The van der Waals surface area contributed by atoms with Gasteiger partial charge in [-0.1, -0.05) is 19.1 Å². The molecular formula is C16H26N2O. The molecule has 19 heavy (non-hydrogen) atoms. The fourth-order valence-electron chi connectivity index (χ4n) is 2.68. The van der Waals surface area contributed by atoms with Gasteiger partial charge < -0.3 is 10.1 Å². The van der Waals surface area contributed by atoms with Gasteiger partial charge in [0.2, 0.25) is 0 Å². The molecule has 3 nitrogen and oxygen atoms in total. The van der Waals surface area contributed by atoms with Crippen molar-refractivity contribution in [2.45, 2.75) is 38.8 Å². The smallest absolute Gasteiger partial charge is 0.118 e. The van der Waals surface area contributed by atoms with Crippen LogP contribution in [0.5, 0.6) is 5.75 Å². The molecule has 0 spiro atoms. The second-order valence-electron chi connectivity index (χ2n) is 5.75. The van der Waals surface area contributed by atoms with Crippen molar-refractivity contribution in [2.24, 2.45) is 0 Å². The maximum Gasteiger partial charge on any atom is 0.118 e. The van der Waals surface area contributed by atoms with Crippen LogP contribution in [0.2, 0.25) is 0 Å². The van der Waals surface area contributed by atoms with E-state index in [0.29, 0.717) is 0 Å². The molecule has 1 aromatic rings. The molecule has 0 aromatic heterocycles. The van der Waals surface area contributed by atoms with Crippen LogP contribution in [-0.4, -0.2) is 37.2 Å². The topological polar surface area (TPSA) is 24.5 Å². The Morgan fingerprint density at radius 1 is 1.32 bits per heavy atom. The first-order valence-electron chi connectivity index (χ1n) is 7.25. The second-order valence-corrected chi connectivity index (χ2v) is 5.75. The van der Waals surface area contributed by atoms with E-state index < -0.39 is 0 Å². The van der Waals surface area contributed by atoms with Gasteiger partial charge in [-0.3, -0.25) is 4.90 Å². The SMILES string of the molecule is CCC1(C)CN(Cc2ccc(OC)cc2)CCCN1. The Balaban J connectivity index is 2.00. The average molecular weight is 262 g/mol. The lowest BCUT2D eigenvalue weighted by Crippen LogP contribution is -2.48. The van der Waals surface area contributed by atoms with Gasteiger partial charge in [-0.25, -0.2) is 0 Å². The van der Waals surface area contributed by atoms with Crippen LogP contribution in [-0.2, 0) is 6.54 Å². The van der Waals surface area contributed by atoms with Crippen LogP contribution in [0.1, 0.15) is 32.3 Å². The van der Waals surface area contributed by atoms with E-state index in [2.05, 4.69) is 36.2 Å². The quantitative estimate of drug-likeness (QED) is 0.903. The minimum atomic E-state index is 0.253. The van der Waals surface area contributed by atoms with Gasteiger partial charge >= 0.3 is 0 Å². The highest BCUT2D eigenvalue weighted by Gasteiger charge is 2.26. The van der Waals surface area contributed by atoms with Crippen LogP contribution in [0.3, 0.4) is 0 Å². The van der Waals surface area contributed by atoms with Gasteiger partial charge in [0.25, 0.3) is 0 Å². The zero-order chi connectivity index (χ0) is 13.7. The monoisotopic (exact) mass is 262 g/mol. The predicted molar refractivity (Wildman–Crippen MR) is 79.6 cm³/mol. The first-order valence-corrected chi connectivity index (χ1v) is 7.25. The minimum Gasteiger partial charge on any atom is -0.497 e. The summed E-state index contributed by atoms with van der Waals surface area (Å²) in [5, 5.41) is 3.68. The van der Waals surface area contributed by atoms with Gasteiger partial charge in [0.05, 0.1) is 7.11 Å². The normalized spacial score (nSPS) is 25.0. The molecule has 1 aliphatic rings. The summed E-state index contributed by atoms with van der Waals surface area (Å²) in [5.74, 6) is 0.930. The molecule has 106 valence electrons. The second kappa shape index (κ2) is 6.40. The number of nitrogens with one attached hydrogen (secondary N) is 1. The Labute approximate surface area is 116 Å². The number of nitrogens with zero attached hydrogens (tertiary/aromatic N) is 1. The third-order valence-electron chi connectivity index (χ3n) is 4.12. The molecule has 0 bridgehead atoms. The summed E-state index contributed by atoms with van der Waals surface area (Å²) in [5.41, 5.74) is 1.62. The summed E-state index contributed by atoms with van der Waals surface area (Å²) in [4.78, 5) is 2.56. The fourth-order valence-corrected chi connectivity index (χ4v) is 2.68. The van der Waals surface area contributed by atoms with Crippen LogP contribution in [0.15, 0.2) is 24.3 Å². The van der Waals surface area contributed by atoms with Crippen molar-refractivity contribution in [1.29, 1.82) is 0 Å². The van der Waals surface area contributed by atoms with Crippen molar-refractivity contribution < 1.29 is 4.74 Å². The van der Waals surface area contributed by atoms with Crippen molar-refractivity contribution in [3.8, 4) is 5.75 Å². The van der Waals surface area contributed by atoms with E-state index in [0.717, 1.165) is 25.4 Å². The lowest BCUT2D eigenvalue weighted by Gasteiger charge is -2.32. The van der Waals surface area contributed by atoms with Crippen LogP contribution in [0.25, 0.3) is 0 Å². The van der Waals surface area contributed by atoms with Crippen LogP contribution >= 0.6 is 0 Å². The zero-order valence-corrected chi connectivity index (χ0v) is 12.4. The number of benzene rings is 1. The standard InChI is InChI=1S/C16H26N2O/c1-4-16(2)13-18(11-5-10-17-16)12-14-6-8-15(19-3)9-7-14/h6-9,17H,4-5,10-13H2,1-3H3. The van der Waals surface area contributed by atoms with Gasteiger partial charge in [0.1, 0.15) is 5.75 Å². The predicted octanol–water partition coefficient (Wildman–Crippen LogP) is 2.66. The molecule has 1 aromatic carbocycles. The van der Waals surface area contributed by atoms with Crippen molar-refractivity contribution >= 4 is 0 Å². The maximum atomic E-state index is 5.21. The zero-order valence-electron chi connectivity index (χ0n) is 12.4. The molecule has 0 saturated carbocycles. The van der Waals surface area contributed by atoms with Gasteiger partial charge in [0, 0.05) is 18.6 Å². The van der Waals surface area contributed by atoms with E-state index in [1.54, 1.807) is 7.11 Å². The van der Waals surface area contributed by atoms with E-state index in [-0.39, 0.29) is 5.54 Å². The van der Waals surface area contributed by atoms with Gasteiger partial charge in [0.15, 0.2) is 0 Å². The van der Waals surface area contributed by atoms with Crippen molar-refractivity contribution in [2.75, 3.05) is 26.7 Å². The molecule has 0 amide bonds. The molecule has 3 heteroatoms. The Kier molecular flexibility index (Phi) is 4.83. The van der Waals surface area contributed by atoms with E-state index in [1.165, 1.54) is 24.9 Å². The summed E-state index contributed by atoms with van der Waals surface area (Å²) < 4.78 is 5.21. The lowest BCUT2D eigenvalue weighted by molar-refractivity contribution is 0.208. The van der Waals surface area contributed by atoms with E-state index in [4.69, 9.17) is 4.74 Å². The number of ether oxygens (including phenoxy) is 1.